The van der Waals surface area contributed by atoms with Crippen LogP contribution in [0.15, 0.2) is 29.1 Å². The Bertz CT molecular complexity index is 1110. The van der Waals surface area contributed by atoms with E-state index in [1.807, 2.05) is 35.9 Å². The van der Waals surface area contributed by atoms with Gasteiger partial charge in [-0.25, -0.2) is 4.68 Å². The van der Waals surface area contributed by atoms with Crippen LogP contribution in [0.1, 0.15) is 74.0 Å². The molecule has 0 radical (unpaired) electrons. The first-order chi connectivity index (χ1) is 15.1. The quantitative estimate of drug-likeness (QED) is 0.671. The number of pyridine rings is 1. The Kier molecular flexibility index (Phi) is 5.58. The van der Waals surface area contributed by atoms with Crippen LogP contribution in [0.3, 0.4) is 0 Å². The van der Waals surface area contributed by atoms with Crippen molar-refractivity contribution in [3.8, 4) is 0 Å². The predicted molar refractivity (Wildman–Crippen MR) is 118 cm³/mol. The van der Waals surface area contributed by atoms with Crippen molar-refractivity contribution >= 4 is 10.9 Å². The number of para-hydroxylation sites is 1. The van der Waals surface area contributed by atoms with Crippen molar-refractivity contribution in [2.24, 2.45) is 0 Å². The first-order valence-electron chi connectivity index (χ1n) is 11.4. The second kappa shape index (κ2) is 8.51. The van der Waals surface area contributed by atoms with Crippen molar-refractivity contribution in [1.82, 2.24) is 30.1 Å². The summed E-state index contributed by atoms with van der Waals surface area (Å²) in [6, 6.07) is 7.99. The number of H-pyrrole nitrogens is 1. The summed E-state index contributed by atoms with van der Waals surface area (Å²) >= 11 is 0. The Morgan fingerprint density at radius 2 is 1.90 bits per heavy atom. The molecule has 8 heteroatoms. The van der Waals surface area contributed by atoms with E-state index in [0.29, 0.717) is 31.5 Å². The number of aromatic nitrogens is 5. The van der Waals surface area contributed by atoms with Gasteiger partial charge < -0.3 is 10.1 Å². The molecule has 1 aliphatic heterocycles. The van der Waals surface area contributed by atoms with E-state index in [1.54, 1.807) is 0 Å². The average molecular weight is 423 g/mol. The minimum atomic E-state index is -0.335. The molecule has 0 unspecified atom stereocenters. The summed E-state index contributed by atoms with van der Waals surface area (Å²) < 4.78 is 1.97. The van der Waals surface area contributed by atoms with Gasteiger partial charge in [0.2, 0.25) is 0 Å². The summed E-state index contributed by atoms with van der Waals surface area (Å²) in [6.07, 6.45) is 6.83. The highest BCUT2D eigenvalue weighted by molar-refractivity contribution is 5.82. The molecule has 3 heterocycles. The van der Waals surface area contributed by atoms with Crippen molar-refractivity contribution in [3.63, 3.8) is 0 Å². The maximum absolute atomic E-state index is 13.3. The minimum Gasteiger partial charge on any atom is -0.393 e. The van der Waals surface area contributed by atoms with Gasteiger partial charge in [-0.15, -0.1) is 5.10 Å². The van der Waals surface area contributed by atoms with Crippen LogP contribution in [-0.2, 0) is 0 Å². The molecule has 1 atom stereocenters. The molecular formula is C23H30N6O2. The summed E-state index contributed by atoms with van der Waals surface area (Å²) in [5.41, 5.74) is 2.49. The highest BCUT2D eigenvalue weighted by Crippen LogP contribution is 2.34. The fourth-order valence-electron chi connectivity index (χ4n) is 5.21. The Hall–Kier alpha value is -2.58. The number of hydrogen-bond donors (Lipinski definition) is 2. The second-order valence-corrected chi connectivity index (χ2v) is 9.04. The van der Waals surface area contributed by atoms with Gasteiger partial charge in [-0.3, -0.25) is 9.69 Å². The monoisotopic (exact) mass is 422 g/mol. The fourth-order valence-corrected chi connectivity index (χ4v) is 5.21. The molecule has 1 aliphatic carbocycles. The van der Waals surface area contributed by atoms with Crippen molar-refractivity contribution in [1.29, 1.82) is 0 Å². The van der Waals surface area contributed by atoms with Gasteiger partial charge in [0.15, 0.2) is 5.82 Å². The van der Waals surface area contributed by atoms with Crippen LogP contribution in [0.25, 0.3) is 10.9 Å². The SMILES string of the molecule is Cc1cccc2cc([C@@H](c3nnnn3C3CCCCC3)N3CCC(O)CC3)c(=O)[nH]c12. The predicted octanol–water partition coefficient (Wildman–Crippen LogP) is 2.87. The zero-order valence-electron chi connectivity index (χ0n) is 18.0. The normalized spacial score (nSPS) is 20.3. The number of hydrogen-bond acceptors (Lipinski definition) is 6. The number of benzene rings is 1. The topological polar surface area (TPSA) is 99.9 Å². The van der Waals surface area contributed by atoms with Crippen LogP contribution in [0.5, 0.6) is 0 Å². The zero-order valence-corrected chi connectivity index (χ0v) is 18.0. The fraction of sp³-hybridized carbons (Fsp3) is 0.565. The van der Waals surface area contributed by atoms with Gasteiger partial charge in [-0.1, -0.05) is 37.5 Å². The molecule has 3 aromatic rings. The van der Waals surface area contributed by atoms with Crippen molar-refractivity contribution in [2.45, 2.75) is 70.1 Å². The lowest BCUT2D eigenvalue weighted by Crippen LogP contribution is -2.42. The second-order valence-electron chi connectivity index (χ2n) is 9.04. The highest BCUT2D eigenvalue weighted by Gasteiger charge is 2.34. The number of aryl methyl sites for hydroxylation is 1. The molecule has 2 aliphatic rings. The molecule has 0 amide bonds. The van der Waals surface area contributed by atoms with Crippen molar-refractivity contribution in [3.05, 3.63) is 51.6 Å². The third kappa shape index (κ3) is 3.90. The number of aromatic amines is 1. The van der Waals surface area contributed by atoms with Crippen LogP contribution in [0.2, 0.25) is 0 Å². The Balaban J connectivity index is 1.63. The van der Waals surface area contributed by atoms with Crippen LogP contribution in [0.4, 0.5) is 0 Å². The molecule has 2 fully saturated rings. The number of rotatable bonds is 4. The number of fused-ring (bicyclic) bond motifs is 1. The molecule has 2 N–H and O–H groups in total. The molecular weight excluding hydrogens is 392 g/mol. The van der Waals surface area contributed by atoms with E-state index in [4.69, 9.17) is 0 Å². The molecule has 164 valence electrons. The van der Waals surface area contributed by atoms with Gasteiger partial charge in [-0.2, -0.15) is 0 Å². The molecule has 5 rings (SSSR count). The van der Waals surface area contributed by atoms with Crippen LogP contribution >= 0.6 is 0 Å². The van der Waals surface area contributed by atoms with E-state index >= 15 is 0 Å². The Morgan fingerprint density at radius 1 is 1.13 bits per heavy atom. The molecule has 1 saturated heterocycles. The summed E-state index contributed by atoms with van der Waals surface area (Å²) in [7, 11) is 0. The number of aliphatic hydroxyl groups is 1. The van der Waals surface area contributed by atoms with Gasteiger partial charge in [0, 0.05) is 18.7 Å². The van der Waals surface area contributed by atoms with Gasteiger partial charge >= 0.3 is 0 Å². The maximum atomic E-state index is 13.3. The average Bonchev–Trinajstić information content (AvgIpc) is 3.26. The zero-order chi connectivity index (χ0) is 21.4. The van der Waals surface area contributed by atoms with Crippen LogP contribution in [-0.4, -0.2) is 54.4 Å². The largest absolute Gasteiger partial charge is 0.393 e. The molecule has 2 aromatic heterocycles. The van der Waals surface area contributed by atoms with E-state index < -0.39 is 0 Å². The molecule has 0 bridgehead atoms. The number of piperidine rings is 1. The lowest BCUT2D eigenvalue weighted by Gasteiger charge is -2.36. The molecule has 8 nitrogen and oxygen atoms in total. The highest BCUT2D eigenvalue weighted by atomic mass is 16.3. The molecule has 0 spiro atoms. The van der Waals surface area contributed by atoms with Gasteiger partial charge in [-0.05, 0) is 60.0 Å². The summed E-state index contributed by atoms with van der Waals surface area (Å²) in [5.74, 6) is 0.737. The van der Waals surface area contributed by atoms with E-state index in [2.05, 4.69) is 25.4 Å². The number of tetrazole rings is 1. The lowest BCUT2D eigenvalue weighted by molar-refractivity contribution is 0.0651. The third-order valence-electron chi connectivity index (χ3n) is 6.96. The smallest absolute Gasteiger partial charge is 0.253 e. The maximum Gasteiger partial charge on any atom is 0.253 e. The summed E-state index contributed by atoms with van der Waals surface area (Å²) in [6.45, 7) is 3.41. The van der Waals surface area contributed by atoms with E-state index in [9.17, 15) is 9.90 Å². The van der Waals surface area contributed by atoms with E-state index in [-0.39, 0.29) is 23.7 Å². The minimum absolute atomic E-state index is 0.101. The van der Waals surface area contributed by atoms with Crippen molar-refractivity contribution in [2.75, 3.05) is 13.1 Å². The Morgan fingerprint density at radius 3 is 2.68 bits per heavy atom. The number of likely N-dealkylation sites (tertiary alicyclic amines) is 1. The first-order valence-corrected chi connectivity index (χ1v) is 11.4. The van der Waals surface area contributed by atoms with Crippen molar-refractivity contribution < 1.29 is 5.11 Å². The van der Waals surface area contributed by atoms with Gasteiger partial charge in [0.1, 0.15) is 6.04 Å². The molecule has 1 aromatic carbocycles. The van der Waals surface area contributed by atoms with Gasteiger partial charge in [0.05, 0.1) is 17.7 Å². The third-order valence-corrected chi connectivity index (χ3v) is 6.96. The Labute approximate surface area is 181 Å². The lowest BCUT2D eigenvalue weighted by atomic mass is 9.94. The number of nitrogens with one attached hydrogen (secondary N) is 1. The van der Waals surface area contributed by atoms with Crippen LogP contribution in [0, 0.1) is 6.92 Å². The molecule has 31 heavy (non-hydrogen) atoms. The van der Waals surface area contributed by atoms with E-state index in [1.165, 1.54) is 19.3 Å². The van der Waals surface area contributed by atoms with Crippen LogP contribution < -0.4 is 5.56 Å². The first kappa shape index (κ1) is 20.3. The van der Waals surface area contributed by atoms with E-state index in [0.717, 1.165) is 35.1 Å². The van der Waals surface area contributed by atoms with Gasteiger partial charge in [0.25, 0.3) is 5.56 Å². The molecule has 1 saturated carbocycles. The number of aliphatic hydroxyl groups excluding tert-OH is 1. The summed E-state index contributed by atoms with van der Waals surface area (Å²) in [4.78, 5) is 18.7. The number of nitrogens with zero attached hydrogens (tertiary/aromatic N) is 5. The standard InChI is InChI=1S/C23H30N6O2/c1-15-6-5-7-16-14-19(23(31)24-20(15)16)21(28-12-10-18(30)11-13-28)22-25-26-27-29(22)17-8-3-2-4-9-17/h5-7,14,17-18,21,30H,2-4,8-13H2,1H3,(H,24,31)/t21-/m0/s1. The summed E-state index contributed by atoms with van der Waals surface area (Å²) in [5, 5.41) is 23.9.